The van der Waals surface area contributed by atoms with Crippen molar-refractivity contribution in [1.82, 2.24) is 15.2 Å². The minimum absolute atomic E-state index is 0.128. The largest absolute Gasteiger partial charge is 0.416 e. The molecule has 2 heterocycles. The van der Waals surface area contributed by atoms with Crippen molar-refractivity contribution in [1.29, 1.82) is 5.26 Å². The van der Waals surface area contributed by atoms with Crippen LogP contribution in [0.4, 0.5) is 0 Å². The van der Waals surface area contributed by atoms with Gasteiger partial charge in [-0.1, -0.05) is 31.0 Å². The smallest absolute Gasteiger partial charge is 0.277 e. The molecule has 0 spiro atoms. The van der Waals surface area contributed by atoms with Crippen molar-refractivity contribution >= 4 is 28.9 Å². The number of aromatic nitrogens is 3. The second kappa shape index (κ2) is 7.90. The maximum Gasteiger partial charge on any atom is 0.277 e. The van der Waals surface area contributed by atoms with E-state index in [0.717, 1.165) is 18.5 Å². The Balaban J connectivity index is 1.58. The fraction of sp³-hybridized carbons (Fsp3) is 0.562. The zero-order chi connectivity index (χ0) is 16.9. The summed E-state index contributed by atoms with van der Waals surface area (Å²) in [5, 5.41) is 20.2. The predicted molar refractivity (Wildman–Crippen MR) is 91.1 cm³/mol. The molecule has 126 valence electrons. The van der Waals surface area contributed by atoms with E-state index in [1.807, 2.05) is 18.4 Å². The Hall–Kier alpha value is -1.72. The molecular formula is C16H18N4O2S2. The molecule has 0 bridgehead atoms. The number of aryl methyl sites for hydroxylation is 1. The Morgan fingerprint density at radius 1 is 1.46 bits per heavy atom. The van der Waals surface area contributed by atoms with Crippen LogP contribution in [0.25, 0.3) is 0 Å². The molecule has 0 saturated heterocycles. The Kier molecular flexibility index (Phi) is 5.63. The molecule has 0 amide bonds. The molecule has 1 saturated carbocycles. The predicted octanol–water partition coefficient (Wildman–Crippen LogP) is 3.85. The summed E-state index contributed by atoms with van der Waals surface area (Å²) in [6, 6.07) is 2.04. The zero-order valence-electron chi connectivity index (χ0n) is 13.4. The molecule has 0 aliphatic heterocycles. The van der Waals surface area contributed by atoms with Crippen LogP contribution in [0.2, 0.25) is 0 Å². The Labute approximate surface area is 148 Å². The van der Waals surface area contributed by atoms with Crippen LogP contribution >= 0.6 is 23.1 Å². The standard InChI is InChI=1S/C16H18N4O2S2/c1-10-8-23-15(18-10)12(7-17)13(21)9-24-16-20-19-14(22-16)11-5-3-2-4-6-11/h8,11-12H,2-6,9H2,1H3. The fourth-order valence-corrected chi connectivity index (χ4v) is 4.32. The Morgan fingerprint density at radius 2 is 2.25 bits per heavy atom. The van der Waals surface area contributed by atoms with Gasteiger partial charge in [-0.3, -0.25) is 4.79 Å². The first-order chi connectivity index (χ1) is 11.7. The zero-order valence-corrected chi connectivity index (χ0v) is 15.0. The summed E-state index contributed by atoms with van der Waals surface area (Å²) in [7, 11) is 0. The summed E-state index contributed by atoms with van der Waals surface area (Å²) in [4.78, 5) is 16.5. The van der Waals surface area contributed by atoms with Gasteiger partial charge < -0.3 is 4.42 Å². The molecule has 3 rings (SSSR count). The second-order valence-electron chi connectivity index (χ2n) is 5.89. The van der Waals surface area contributed by atoms with E-state index >= 15 is 0 Å². The number of carbonyl (C=O) groups excluding carboxylic acids is 1. The number of Topliss-reactive ketones (excluding diaryl/α,β-unsaturated/α-hetero) is 1. The van der Waals surface area contributed by atoms with Crippen LogP contribution in [0.3, 0.4) is 0 Å². The third kappa shape index (κ3) is 4.02. The van der Waals surface area contributed by atoms with Gasteiger partial charge >= 0.3 is 0 Å². The molecule has 0 N–H and O–H groups in total. The number of thiazole rings is 1. The van der Waals surface area contributed by atoms with Gasteiger partial charge in [0.15, 0.2) is 11.7 Å². The van der Waals surface area contributed by atoms with E-state index in [2.05, 4.69) is 15.2 Å². The maximum absolute atomic E-state index is 12.3. The molecule has 1 aliphatic carbocycles. The van der Waals surface area contributed by atoms with Crippen LogP contribution in [0.1, 0.15) is 60.5 Å². The van der Waals surface area contributed by atoms with Crippen LogP contribution in [0.15, 0.2) is 15.0 Å². The summed E-state index contributed by atoms with van der Waals surface area (Å²) in [6.07, 6.45) is 5.85. The number of ketones is 1. The lowest BCUT2D eigenvalue weighted by Crippen LogP contribution is -2.13. The molecule has 24 heavy (non-hydrogen) atoms. The highest BCUT2D eigenvalue weighted by Gasteiger charge is 2.25. The summed E-state index contributed by atoms with van der Waals surface area (Å²) in [5.74, 6) is 0.146. The average Bonchev–Trinajstić information content (AvgIpc) is 3.24. The van der Waals surface area contributed by atoms with Gasteiger partial charge in [-0.2, -0.15) is 5.26 Å². The van der Waals surface area contributed by atoms with Crippen LogP contribution in [0.5, 0.6) is 0 Å². The molecule has 1 unspecified atom stereocenters. The molecular weight excluding hydrogens is 344 g/mol. The van der Waals surface area contributed by atoms with Gasteiger partial charge in [-0.05, 0) is 19.8 Å². The molecule has 2 aromatic rings. The van der Waals surface area contributed by atoms with Gasteiger partial charge in [-0.15, -0.1) is 21.5 Å². The average molecular weight is 362 g/mol. The van der Waals surface area contributed by atoms with Gasteiger partial charge in [0.1, 0.15) is 5.01 Å². The first-order valence-corrected chi connectivity index (χ1v) is 9.84. The van der Waals surface area contributed by atoms with E-state index in [1.165, 1.54) is 42.4 Å². The highest BCUT2D eigenvalue weighted by Crippen LogP contribution is 2.33. The van der Waals surface area contributed by atoms with Gasteiger partial charge in [0.2, 0.25) is 5.89 Å². The van der Waals surface area contributed by atoms with Crippen molar-refractivity contribution < 1.29 is 9.21 Å². The van der Waals surface area contributed by atoms with Gasteiger partial charge in [0.05, 0.1) is 11.8 Å². The van der Waals surface area contributed by atoms with Crippen molar-refractivity contribution in [2.75, 3.05) is 5.75 Å². The van der Waals surface area contributed by atoms with E-state index in [-0.39, 0.29) is 11.5 Å². The van der Waals surface area contributed by atoms with E-state index in [4.69, 9.17) is 4.42 Å². The SMILES string of the molecule is Cc1csc(C(C#N)C(=O)CSc2nnc(C3CCCCC3)o2)n1. The number of nitrogens with zero attached hydrogens (tertiary/aromatic N) is 4. The molecule has 2 aromatic heterocycles. The number of hydrogen-bond acceptors (Lipinski definition) is 8. The summed E-state index contributed by atoms with van der Waals surface area (Å²) in [5.41, 5.74) is 0.824. The van der Waals surface area contributed by atoms with Gasteiger partial charge in [-0.25, -0.2) is 4.98 Å². The van der Waals surface area contributed by atoms with E-state index in [9.17, 15) is 10.1 Å². The molecule has 8 heteroatoms. The topological polar surface area (TPSA) is 92.7 Å². The van der Waals surface area contributed by atoms with Gasteiger partial charge in [0.25, 0.3) is 5.22 Å². The van der Waals surface area contributed by atoms with Crippen LogP contribution < -0.4 is 0 Å². The molecule has 1 atom stereocenters. The number of carbonyl (C=O) groups is 1. The summed E-state index contributed by atoms with van der Waals surface area (Å²) < 4.78 is 5.69. The lowest BCUT2D eigenvalue weighted by Gasteiger charge is -2.17. The van der Waals surface area contributed by atoms with Crippen molar-refractivity contribution in [2.45, 2.75) is 56.1 Å². The Bertz CT molecular complexity index is 743. The van der Waals surface area contributed by atoms with Crippen molar-refractivity contribution in [2.24, 2.45) is 0 Å². The Morgan fingerprint density at radius 3 is 2.92 bits per heavy atom. The molecule has 1 aliphatic rings. The number of rotatable bonds is 6. The van der Waals surface area contributed by atoms with Crippen molar-refractivity contribution in [3.05, 3.63) is 22.0 Å². The van der Waals surface area contributed by atoms with Crippen LogP contribution in [-0.2, 0) is 4.79 Å². The van der Waals surface area contributed by atoms with Gasteiger partial charge in [0, 0.05) is 17.0 Å². The summed E-state index contributed by atoms with van der Waals surface area (Å²) >= 11 is 2.53. The van der Waals surface area contributed by atoms with Crippen LogP contribution in [-0.4, -0.2) is 26.7 Å². The van der Waals surface area contributed by atoms with E-state index in [1.54, 1.807) is 0 Å². The van der Waals surface area contributed by atoms with E-state index < -0.39 is 5.92 Å². The lowest BCUT2D eigenvalue weighted by atomic mass is 9.89. The first kappa shape index (κ1) is 17.1. The molecule has 0 radical (unpaired) electrons. The van der Waals surface area contributed by atoms with Crippen LogP contribution in [0, 0.1) is 18.3 Å². The van der Waals surface area contributed by atoms with E-state index in [0.29, 0.717) is 22.0 Å². The molecule has 1 fully saturated rings. The third-order valence-electron chi connectivity index (χ3n) is 4.05. The van der Waals surface area contributed by atoms with Crippen molar-refractivity contribution in [3.8, 4) is 6.07 Å². The number of nitriles is 1. The molecule has 6 nitrogen and oxygen atoms in total. The highest BCUT2D eigenvalue weighted by atomic mass is 32.2. The minimum Gasteiger partial charge on any atom is -0.416 e. The minimum atomic E-state index is -0.822. The normalized spacial score (nSPS) is 16.7. The highest BCUT2D eigenvalue weighted by molar-refractivity contribution is 7.99. The monoisotopic (exact) mass is 362 g/mol. The summed E-state index contributed by atoms with van der Waals surface area (Å²) in [6.45, 7) is 1.85. The third-order valence-corrected chi connectivity index (χ3v) is 5.92. The van der Waals surface area contributed by atoms with Crippen molar-refractivity contribution in [3.63, 3.8) is 0 Å². The molecule has 0 aromatic carbocycles. The fourth-order valence-electron chi connectivity index (χ4n) is 2.78. The first-order valence-electron chi connectivity index (χ1n) is 7.98. The number of hydrogen-bond donors (Lipinski definition) is 0. The second-order valence-corrected chi connectivity index (χ2v) is 7.70. The lowest BCUT2D eigenvalue weighted by molar-refractivity contribution is -0.116. The maximum atomic E-state index is 12.3. The number of thioether (sulfide) groups is 1. The quantitative estimate of drug-likeness (QED) is 0.720.